The highest BCUT2D eigenvalue weighted by Crippen LogP contribution is 2.24. The number of rotatable bonds is 8. The van der Waals surface area contributed by atoms with Crippen LogP contribution in [0.4, 0.5) is 0 Å². The van der Waals surface area contributed by atoms with Gasteiger partial charge in [0.2, 0.25) is 5.91 Å². The monoisotopic (exact) mass is 396 g/mol. The van der Waals surface area contributed by atoms with Gasteiger partial charge in [-0.3, -0.25) is 9.69 Å². The number of hydrogen-bond acceptors (Lipinski definition) is 4. The van der Waals surface area contributed by atoms with Crippen molar-refractivity contribution < 1.29 is 14.3 Å². The van der Waals surface area contributed by atoms with Gasteiger partial charge in [-0.1, -0.05) is 48.9 Å². The van der Waals surface area contributed by atoms with E-state index in [9.17, 15) is 4.79 Å². The number of carbonyl (C=O) groups is 1. The summed E-state index contributed by atoms with van der Waals surface area (Å²) in [6, 6.07) is 16.7. The van der Waals surface area contributed by atoms with Crippen LogP contribution in [-0.4, -0.2) is 50.8 Å². The Morgan fingerprint density at radius 2 is 1.86 bits per heavy atom. The zero-order chi connectivity index (χ0) is 20.6. The molecule has 2 aromatic carbocycles. The first-order valence-corrected chi connectivity index (χ1v) is 10.4. The number of amides is 1. The third-order valence-electron chi connectivity index (χ3n) is 5.58. The molecule has 3 rings (SSSR count). The van der Waals surface area contributed by atoms with Gasteiger partial charge in [-0.05, 0) is 36.1 Å². The van der Waals surface area contributed by atoms with E-state index < -0.39 is 0 Å². The maximum Gasteiger partial charge on any atom is 0.220 e. The van der Waals surface area contributed by atoms with Gasteiger partial charge in [0.05, 0.1) is 26.4 Å². The number of aryl methyl sites for hydroxylation is 1. The van der Waals surface area contributed by atoms with Crippen molar-refractivity contribution in [2.75, 3.05) is 40.0 Å². The number of carbonyl (C=O) groups excluding carboxylic acids is 1. The molecule has 0 radical (unpaired) electrons. The molecule has 5 heteroatoms. The number of morpholine rings is 1. The van der Waals surface area contributed by atoms with E-state index in [4.69, 9.17) is 9.47 Å². The first-order chi connectivity index (χ1) is 14.1. The maximum atomic E-state index is 12.7. The molecule has 0 aliphatic carbocycles. The predicted octanol–water partition coefficient (Wildman–Crippen LogP) is 3.69. The number of benzene rings is 2. The molecule has 0 spiro atoms. The lowest BCUT2D eigenvalue weighted by atomic mass is 9.97. The molecular weight excluding hydrogens is 364 g/mol. The van der Waals surface area contributed by atoms with Gasteiger partial charge in [0, 0.05) is 26.1 Å². The summed E-state index contributed by atoms with van der Waals surface area (Å²) in [5, 5.41) is 3.18. The molecule has 1 N–H and O–H groups in total. The molecule has 1 aliphatic rings. The standard InChI is InChI=1S/C24H32N2O3/c1-18-5-4-6-21(15-18)23(26-11-13-29-14-12-26)17-25-24(27)16-19(2)20-7-9-22(28-3)10-8-20/h4-10,15,19,23H,11-14,16-17H2,1-3H3,(H,25,27). The van der Waals surface area contributed by atoms with Gasteiger partial charge in [0.25, 0.3) is 0 Å². The minimum absolute atomic E-state index is 0.0826. The van der Waals surface area contributed by atoms with E-state index in [-0.39, 0.29) is 17.9 Å². The highest BCUT2D eigenvalue weighted by atomic mass is 16.5. The van der Waals surface area contributed by atoms with Gasteiger partial charge in [-0.2, -0.15) is 0 Å². The Balaban J connectivity index is 1.61. The van der Waals surface area contributed by atoms with Crippen LogP contribution >= 0.6 is 0 Å². The van der Waals surface area contributed by atoms with E-state index in [0.29, 0.717) is 13.0 Å². The third kappa shape index (κ3) is 6.05. The number of ether oxygens (including phenoxy) is 2. The van der Waals surface area contributed by atoms with Crippen LogP contribution in [0, 0.1) is 6.92 Å². The lowest BCUT2D eigenvalue weighted by molar-refractivity contribution is -0.121. The summed E-state index contributed by atoms with van der Waals surface area (Å²) in [5.74, 6) is 1.07. The third-order valence-corrected chi connectivity index (χ3v) is 5.58. The summed E-state index contributed by atoms with van der Waals surface area (Å²) in [6.45, 7) is 8.05. The lowest BCUT2D eigenvalue weighted by Gasteiger charge is -2.35. The molecule has 5 nitrogen and oxygen atoms in total. The Labute approximate surface area is 174 Å². The van der Waals surface area contributed by atoms with Gasteiger partial charge in [0.1, 0.15) is 5.75 Å². The normalized spacial score (nSPS) is 16.8. The van der Waals surface area contributed by atoms with Crippen LogP contribution < -0.4 is 10.1 Å². The van der Waals surface area contributed by atoms with E-state index in [1.54, 1.807) is 7.11 Å². The molecule has 1 heterocycles. The van der Waals surface area contributed by atoms with Crippen molar-refractivity contribution in [3.63, 3.8) is 0 Å². The quantitative estimate of drug-likeness (QED) is 0.739. The molecule has 156 valence electrons. The second-order valence-electron chi connectivity index (χ2n) is 7.76. The average molecular weight is 397 g/mol. The largest absolute Gasteiger partial charge is 0.497 e. The van der Waals surface area contributed by atoms with Crippen molar-refractivity contribution in [3.05, 3.63) is 65.2 Å². The first kappa shape index (κ1) is 21.3. The number of nitrogens with zero attached hydrogens (tertiary/aromatic N) is 1. The van der Waals surface area contributed by atoms with Crippen LogP contribution in [0.2, 0.25) is 0 Å². The fourth-order valence-corrected chi connectivity index (χ4v) is 3.84. The van der Waals surface area contributed by atoms with E-state index in [2.05, 4.69) is 48.3 Å². The predicted molar refractivity (Wildman–Crippen MR) is 115 cm³/mol. The molecule has 0 saturated carbocycles. The van der Waals surface area contributed by atoms with Crippen LogP contribution in [0.15, 0.2) is 48.5 Å². The van der Waals surface area contributed by atoms with Crippen LogP contribution in [0.1, 0.15) is 42.0 Å². The summed E-state index contributed by atoms with van der Waals surface area (Å²) in [5.41, 5.74) is 3.62. The zero-order valence-corrected chi connectivity index (χ0v) is 17.7. The zero-order valence-electron chi connectivity index (χ0n) is 17.7. The summed E-state index contributed by atoms with van der Waals surface area (Å²) >= 11 is 0. The molecule has 1 amide bonds. The maximum absolute atomic E-state index is 12.7. The Kier molecular flexibility index (Phi) is 7.67. The van der Waals surface area contributed by atoms with Gasteiger partial charge in [-0.25, -0.2) is 0 Å². The summed E-state index contributed by atoms with van der Waals surface area (Å²) < 4.78 is 10.7. The number of methoxy groups -OCH3 is 1. The highest BCUT2D eigenvalue weighted by molar-refractivity contribution is 5.76. The topological polar surface area (TPSA) is 50.8 Å². The fraction of sp³-hybridized carbons (Fsp3) is 0.458. The molecule has 2 aromatic rings. The van der Waals surface area contributed by atoms with Crippen molar-refractivity contribution in [1.82, 2.24) is 10.2 Å². The molecule has 29 heavy (non-hydrogen) atoms. The summed E-state index contributed by atoms with van der Waals surface area (Å²) in [6.07, 6.45) is 0.468. The first-order valence-electron chi connectivity index (χ1n) is 10.4. The van der Waals surface area contributed by atoms with Gasteiger partial charge >= 0.3 is 0 Å². The number of nitrogens with one attached hydrogen (secondary N) is 1. The molecular formula is C24H32N2O3. The minimum atomic E-state index is 0.0826. The summed E-state index contributed by atoms with van der Waals surface area (Å²) in [4.78, 5) is 15.1. The van der Waals surface area contributed by atoms with Crippen LogP contribution in [0.5, 0.6) is 5.75 Å². The second-order valence-corrected chi connectivity index (χ2v) is 7.76. The molecule has 2 atom stereocenters. The van der Waals surface area contributed by atoms with E-state index in [1.807, 2.05) is 24.3 Å². The molecule has 2 unspecified atom stereocenters. The van der Waals surface area contributed by atoms with Gasteiger partial charge in [0.15, 0.2) is 0 Å². The van der Waals surface area contributed by atoms with E-state index in [0.717, 1.165) is 37.6 Å². The Bertz CT molecular complexity index is 785. The second kappa shape index (κ2) is 10.4. The highest BCUT2D eigenvalue weighted by Gasteiger charge is 2.23. The van der Waals surface area contributed by atoms with Crippen molar-refractivity contribution >= 4 is 5.91 Å². The van der Waals surface area contributed by atoms with Crippen LogP contribution in [0.25, 0.3) is 0 Å². The Hall–Kier alpha value is -2.37. The van der Waals surface area contributed by atoms with Crippen LogP contribution in [-0.2, 0) is 9.53 Å². The smallest absolute Gasteiger partial charge is 0.220 e. The van der Waals surface area contributed by atoms with E-state index >= 15 is 0 Å². The van der Waals surface area contributed by atoms with Crippen LogP contribution in [0.3, 0.4) is 0 Å². The summed E-state index contributed by atoms with van der Waals surface area (Å²) in [7, 11) is 1.66. The van der Waals surface area contributed by atoms with Crippen molar-refractivity contribution in [2.45, 2.75) is 32.2 Å². The molecule has 1 saturated heterocycles. The average Bonchev–Trinajstić information content (AvgIpc) is 2.75. The van der Waals surface area contributed by atoms with Gasteiger partial charge in [-0.15, -0.1) is 0 Å². The van der Waals surface area contributed by atoms with Crippen molar-refractivity contribution in [3.8, 4) is 5.75 Å². The Morgan fingerprint density at radius 3 is 2.52 bits per heavy atom. The molecule has 1 aliphatic heterocycles. The van der Waals surface area contributed by atoms with Crippen molar-refractivity contribution in [2.24, 2.45) is 0 Å². The SMILES string of the molecule is COc1ccc(C(C)CC(=O)NCC(c2cccc(C)c2)N2CCOCC2)cc1. The fourth-order valence-electron chi connectivity index (χ4n) is 3.84. The molecule has 0 aromatic heterocycles. The minimum Gasteiger partial charge on any atom is -0.497 e. The molecule has 0 bridgehead atoms. The number of hydrogen-bond donors (Lipinski definition) is 1. The lowest BCUT2D eigenvalue weighted by Crippen LogP contribution is -2.44. The van der Waals surface area contributed by atoms with E-state index in [1.165, 1.54) is 11.1 Å². The van der Waals surface area contributed by atoms with Crippen molar-refractivity contribution in [1.29, 1.82) is 0 Å². The van der Waals surface area contributed by atoms with Gasteiger partial charge < -0.3 is 14.8 Å². The molecule has 1 fully saturated rings. The Morgan fingerprint density at radius 1 is 1.14 bits per heavy atom.